The minimum Gasteiger partial charge on any atom is -0.496 e. The zero-order valence-electron chi connectivity index (χ0n) is 15.8. The topological polar surface area (TPSA) is 84.9 Å². The first-order chi connectivity index (χ1) is 12.2. The first-order valence-corrected chi connectivity index (χ1v) is 10.2. The predicted octanol–water partition coefficient (Wildman–Crippen LogP) is 0.959. The summed E-state index contributed by atoms with van der Waals surface area (Å²) in [5.41, 5.74) is 2.07. The van der Waals surface area contributed by atoms with Crippen LogP contribution in [-0.4, -0.2) is 64.8 Å². The molecular weight excluding hydrogens is 356 g/mol. The summed E-state index contributed by atoms with van der Waals surface area (Å²) in [5, 5.41) is 2.92. The Kier molecular flexibility index (Phi) is 7.02. The molecule has 2 atom stereocenters. The summed E-state index contributed by atoms with van der Waals surface area (Å²) in [6.45, 7) is 2.65. The van der Waals surface area contributed by atoms with Crippen LogP contribution in [0, 0.1) is 12.8 Å². The van der Waals surface area contributed by atoms with Gasteiger partial charge in [0, 0.05) is 26.4 Å². The van der Waals surface area contributed by atoms with Crippen LogP contribution in [0.1, 0.15) is 17.5 Å². The summed E-state index contributed by atoms with van der Waals surface area (Å²) in [6, 6.07) is 5.62. The molecule has 0 aliphatic carbocycles. The van der Waals surface area contributed by atoms with Crippen LogP contribution >= 0.6 is 0 Å². The van der Waals surface area contributed by atoms with Gasteiger partial charge in [-0.2, -0.15) is 0 Å². The number of carbonyl (C=O) groups is 1. The van der Waals surface area contributed by atoms with Gasteiger partial charge in [0.15, 0.2) is 0 Å². The third-order valence-corrected chi connectivity index (χ3v) is 6.60. The Labute approximate surface area is 155 Å². The number of hydrogen-bond donors (Lipinski definition) is 1. The Morgan fingerprint density at radius 3 is 2.73 bits per heavy atom. The van der Waals surface area contributed by atoms with E-state index < -0.39 is 10.0 Å². The highest BCUT2D eigenvalue weighted by Gasteiger charge is 2.34. The van der Waals surface area contributed by atoms with Gasteiger partial charge < -0.3 is 14.8 Å². The molecule has 0 radical (unpaired) electrons. The summed E-state index contributed by atoms with van der Waals surface area (Å²) in [7, 11) is 1.31. The molecule has 1 aliphatic rings. The Bertz CT molecular complexity index is 733. The van der Waals surface area contributed by atoms with E-state index in [1.165, 1.54) is 18.4 Å². The largest absolute Gasteiger partial charge is 0.496 e. The van der Waals surface area contributed by atoms with Crippen molar-refractivity contribution in [3.63, 3.8) is 0 Å². The van der Waals surface area contributed by atoms with E-state index in [1.807, 2.05) is 25.1 Å². The molecule has 0 saturated carbocycles. The monoisotopic (exact) mass is 384 g/mol. The minimum atomic E-state index is -3.33. The van der Waals surface area contributed by atoms with Gasteiger partial charge >= 0.3 is 0 Å². The number of carbonyl (C=O) groups excluding carboxylic acids is 1. The van der Waals surface area contributed by atoms with Crippen molar-refractivity contribution in [2.75, 3.05) is 40.2 Å². The van der Waals surface area contributed by atoms with Crippen molar-refractivity contribution < 1.29 is 22.7 Å². The van der Waals surface area contributed by atoms with Gasteiger partial charge in [-0.1, -0.05) is 12.1 Å². The van der Waals surface area contributed by atoms with Crippen LogP contribution in [0.3, 0.4) is 0 Å². The third-order valence-electron chi connectivity index (χ3n) is 4.64. The quantitative estimate of drug-likeness (QED) is 0.722. The van der Waals surface area contributed by atoms with E-state index in [0.717, 1.165) is 16.9 Å². The first-order valence-electron chi connectivity index (χ1n) is 8.63. The molecule has 1 fully saturated rings. The average Bonchev–Trinajstić information content (AvgIpc) is 3.00. The Balaban J connectivity index is 1.88. The lowest BCUT2D eigenvalue weighted by atomic mass is 10.0. The van der Waals surface area contributed by atoms with Gasteiger partial charge in [-0.3, -0.25) is 4.79 Å². The van der Waals surface area contributed by atoms with Gasteiger partial charge in [-0.15, -0.1) is 0 Å². The fourth-order valence-electron chi connectivity index (χ4n) is 2.90. The molecule has 26 heavy (non-hydrogen) atoms. The van der Waals surface area contributed by atoms with Crippen LogP contribution in [0.25, 0.3) is 0 Å². The average molecular weight is 384 g/mol. The van der Waals surface area contributed by atoms with Gasteiger partial charge in [0.05, 0.1) is 32.1 Å². The van der Waals surface area contributed by atoms with Gasteiger partial charge in [-0.05, 0) is 30.5 Å². The molecule has 7 nitrogen and oxygen atoms in total. The number of methoxy groups -OCH3 is 1. The summed E-state index contributed by atoms with van der Waals surface area (Å²) >= 11 is 0. The molecule has 0 bridgehead atoms. The number of nitrogens with one attached hydrogen (secondary N) is 1. The molecule has 1 saturated heterocycles. The number of nitrogens with zero attached hydrogens (tertiary/aromatic N) is 1. The molecule has 1 aromatic carbocycles. The SMILES string of the molecule is COc1cc(CCC(=O)N[C@H]2COC[C@H]2CS(=O)(=O)N(C)C)ccc1C. The van der Waals surface area contributed by atoms with Gasteiger partial charge in [0.25, 0.3) is 0 Å². The van der Waals surface area contributed by atoms with Gasteiger partial charge in [-0.25, -0.2) is 12.7 Å². The van der Waals surface area contributed by atoms with E-state index >= 15 is 0 Å². The normalized spacial score (nSPS) is 20.3. The molecule has 1 amide bonds. The van der Waals surface area contributed by atoms with Crippen molar-refractivity contribution in [2.45, 2.75) is 25.8 Å². The van der Waals surface area contributed by atoms with E-state index in [9.17, 15) is 13.2 Å². The highest BCUT2D eigenvalue weighted by Crippen LogP contribution is 2.20. The van der Waals surface area contributed by atoms with Crippen LogP contribution in [0.15, 0.2) is 18.2 Å². The van der Waals surface area contributed by atoms with E-state index in [4.69, 9.17) is 9.47 Å². The second-order valence-corrected chi connectivity index (χ2v) is 9.06. The Hall–Kier alpha value is -1.64. The van der Waals surface area contributed by atoms with Crippen molar-refractivity contribution >= 4 is 15.9 Å². The lowest BCUT2D eigenvalue weighted by Crippen LogP contribution is -2.43. The van der Waals surface area contributed by atoms with Crippen LogP contribution in [0.5, 0.6) is 5.75 Å². The first kappa shape index (κ1) is 20.7. The summed E-state index contributed by atoms with van der Waals surface area (Å²) < 4.78 is 36.0. The van der Waals surface area contributed by atoms with E-state index in [0.29, 0.717) is 26.1 Å². The van der Waals surface area contributed by atoms with E-state index in [2.05, 4.69) is 5.32 Å². The van der Waals surface area contributed by atoms with Gasteiger partial charge in [0.2, 0.25) is 15.9 Å². The molecule has 2 rings (SSSR count). The summed E-state index contributed by atoms with van der Waals surface area (Å²) in [5.74, 6) is 0.444. The fourth-order valence-corrected chi connectivity index (χ4v) is 4.07. The zero-order chi connectivity index (χ0) is 19.3. The number of rotatable bonds is 8. The molecule has 146 valence electrons. The van der Waals surface area contributed by atoms with Crippen molar-refractivity contribution in [1.82, 2.24) is 9.62 Å². The van der Waals surface area contributed by atoms with E-state index in [1.54, 1.807) is 7.11 Å². The molecule has 0 spiro atoms. The summed E-state index contributed by atoms with van der Waals surface area (Å²) in [6.07, 6.45) is 0.923. The zero-order valence-corrected chi connectivity index (χ0v) is 16.6. The molecule has 8 heteroatoms. The summed E-state index contributed by atoms with van der Waals surface area (Å²) in [4.78, 5) is 12.3. The molecule has 0 unspecified atom stereocenters. The predicted molar refractivity (Wildman–Crippen MR) is 99.8 cm³/mol. The number of aryl methyl sites for hydroxylation is 2. The standard InChI is InChI=1S/C18H28N2O5S/c1-13-5-6-14(9-17(13)24-4)7-8-18(21)19-16-11-25-10-15(16)12-26(22,23)20(2)3/h5-6,9,15-16H,7-8,10-12H2,1-4H3,(H,19,21)/t15-,16-/m0/s1. The Morgan fingerprint density at radius 1 is 1.35 bits per heavy atom. The third kappa shape index (κ3) is 5.43. The smallest absolute Gasteiger partial charge is 0.220 e. The maximum absolute atomic E-state index is 12.3. The number of benzene rings is 1. The second kappa shape index (κ2) is 8.83. The molecule has 1 N–H and O–H groups in total. The van der Waals surface area contributed by atoms with Crippen molar-refractivity contribution in [1.29, 1.82) is 0 Å². The fraction of sp³-hybridized carbons (Fsp3) is 0.611. The second-order valence-electron chi connectivity index (χ2n) is 6.84. The van der Waals surface area contributed by atoms with Crippen molar-refractivity contribution in [2.24, 2.45) is 5.92 Å². The van der Waals surface area contributed by atoms with Crippen LogP contribution in [0.2, 0.25) is 0 Å². The van der Waals surface area contributed by atoms with Crippen LogP contribution in [-0.2, 0) is 26.0 Å². The number of sulfonamides is 1. The minimum absolute atomic E-state index is 0.0277. The maximum Gasteiger partial charge on any atom is 0.220 e. The lowest BCUT2D eigenvalue weighted by Gasteiger charge is -2.21. The maximum atomic E-state index is 12.3. The molecule has 1 heterocycles. The Morgan fingerprint density at radius 2 is 2.08 bits per heavy atom. The molecule has 1 aromatic rings. The number of hydrogen-bond acceptors (Lipinski definition) is 5. The molecule has 1 aliphatic heterocycles. The van der Waals surface area contributed by atoms with Gasteiger partial charge in [0.1, 0.15) is 5.75 Å². The lowest BCUT2D eigenvalue weighted by molar-refractivity contribution is -0.122. The van der Waals surface area contributed by atoms with Crippen molar-refractivity contribution in [3.8, 4) is 5.75 Å². The van der Waals surface area contributed by atoms with Crippen LogP contribution < -0.4 is 10.1 Å². The number of ether oxygens (including phenoxy) is 2. The molecule has 0 aromatic heterocycles. The van der Waals surface area contributed by atoms with E-state index in [-0.39, 0.29) is 23.6 Å². The van der Waals surface area contributed by atoms with Crippen molar-refractivity contribution in [3.05, 3.63) is 29.3 Å². The number of amides is 1. The highest BCUT2D eigenvalue weighted by molar-refractivity contribution is 7.89. The van der Waals surface area contributed by atoms with Crippen LogP contribution in [0.4, 0.5) is 0 Å². The highest BCUT2D eigenvalue weighted by atomic mass is 32.2. The molecular formula is C18H28N2O5S.